The number of anilines is 1. The van der Waals surface area contributed by atoms with Crippen molar-refractivity contribution in [2.75, 3.05) is 11.9 Å². The molecule has 0 radical (unpaired) electrons. The molecule has 0 bridgehead atoms. The molecule has 0 unspecified atom stereocenters. The summed E-state index contributed by atoms with van der Waals surface area (Å²) in [6.45, 7) is -0.238. The van der Waals surface area contributed by atoms with Crippen LogP contribution in [0.25, 0.3) is 22.2 Å². The van der Waals surface area contributed by atoms with Crippen LogP contribution in [0.4, 0.5) is 5.69 Å². The second-order valence-corrected chi connectivity index (χ2v) is 6.95. The lowest BCUT2D eigenvalue weighted by Gasteiger charge is -2.18. The first kappa shape index (κ1) is 20.0. The highest BCUT2D eigenvalue weighted by Gasteiger charge is 2.16. The summed E-state index contributed by atoms with van der Waals surface area (Å²) in [6, 6.07) is 25.7. The fourth-order valence-electron chi connectivity index (χ4n) is 3.43. The smallest absolute Gasteiger partial charge is 0.300 e. The highest BCUT2D eigenvalue weighted by atomic mass is 16.4. The maximum absolute atomic E-state index is 13.2. The average Bonchev–Trinajstić information content (AvgIpc) is 2.94. The lowest BCUT2D eigenvalue weighted by Crippen LogP contribution is -2.39. The van der Waals surface area contributed by atoms with Crippen molar-refractivity contribution in [1.29, 1.82) is 0 Å². The Labute approximate surface area is 178 Å². The molecule has 7 nitrogen and oxygen atoms in total. The van der Waals surface area contributed by atoms with Gasteiger partial charge in [0.25, 0.3) is 11.0 Å². The molecular weight excluding hydrogens is 392 g/mol. The lowest BCUT2D eigenvalue weighted by molar-refractivity contribution is -0.118. The van der Waals surface area contributed by atoms with E-state index in [2.05, 4.69) is 10.1 Å². The number of benzene rings is 3. The van der Waals surface area contributed by atoms with E-state index in [-0.39, 0.29) is 17.9 Å². The first-order valence-electron chi connectivity index (χ1n) is 9.69. The first-order valence-corrected chi connectivity index (χ1v) is 9.69. The summed E-state index contributed by atoms with van der Waals surface area (Å²) >= 11 is 0. The monoisotopic (exact) mass is 412 g/mol. The minimum Gasteiger partial charge on any atom is -0.409 e. The van der Waals surface area contributed by atoms with Crippen LogP contribution in [0, 0.1) is 0 Å². The first-order chi connectivity index (χ1) is 15.1. The second kappa shape index (κ2) is 8.62. The number of aromatic nitrogens is 2. The Bertz CT molecular complexity index is 1370. The number of carbonyl (C=O) groups excluding carboxylic acids is 1. The SMILES string of the molecule is CN(C(=O)Cn1c(=O)/c(=N\O)nc(-c2ccccc2)c2ccccc21)c1ccccc1. The van der Waals surface area contributed by atoms with Gasteiger partial charge in [-0.05, 0) is 18.2 Å². The molecule has 0 saturated carbocycles. The average molecular weight is 412 g/mol. The van der Waals surface area contributed by atoms with Gasteiger partial charge in [0.05, 0.1) is 11.2 Å². The maximum Gasteiger partial charge on any atom is 0.300 e. The molecule has 0 spiro atoms. The van der Waals surface area contributed by atoms with Crippen LogP contribution in [-0.4, -0.2) is 27.7 Å². The maximum atomic E-state index is 13.2. The zero-order valence-electron chi connectivity index (χ0n) is 16.8. The Morgan fingerprint density at radius 3 is 2.26 bits per heavy atom. The van der Waals surface area contributed by atoms with E-state index in [9.17, 15) is 14.8 Å². The predicted octanol–water partition coefficient (Wildman–Crippen LogP) is 3.02. The fourth-order valence-corrected chi connectivity index (χ4v) is 3.43. The summed E-state index contributed by atoms with van der Waals surface area (Å²) in [6.07, 6.45) is 0. The third-order valence-corrected chi connectivity index (χ3v) is 5.06. The highest BCUT2D eigenvalue weighted by molar-refractivity contribution is 5.95. The van der Waals surface area contributed by atoms with Crippen LogP contribution in [0.3, 0.4) is 0 Å². The number of nitrogens with zero attached hydrogens (tertiary/aromatic N) is 4. The topological polar surface area (TPSA) is 87.8 Å². The number of para-hydroxylation sites is 2. The number of amides is 1. The Hall–Kier alpha value is -4.26. The van der Waals surface area contributed by atoms with E-state index in [0.717, 1.165) is 5.56 Å². The van der Waals surface area contributed by atoms with Gasteiger partial charge in [-0.25, -0.2) is 4.98 Å². The molecule has 31 heavy (non-hydrogen) atoms. The number of rotatable bonds is 4. The molecule has 1 N–H and O–H groups in total. The Kier molecular flexibility index (Phi) is 5.57. The van der Waals surface area contributed by atoms with Crippen LogP contribution in [-0.2, 0) is 11.3 Å². The van der Waals surface area contributed by atoms with E-state index in [0.29, 0.717) is 22.3 Å². The fraction of sp³-hybridized carbons (Fsp3) is 0.0833. The highest BCUT2D eigenvalue weighted by Crippen LogP contribution is 2.24. The molecule has 0 fully saturated rings. The molecule has 3 aromatic carbocycles. The van der Waals surface area contributed by atoms with Crippen LogP contribution >= 0.6 is 0 Å². The molecule has 0 aliphatic heterocycles. The van der Waals surface area contributed by atoms with Crippen LogP contribution in [0.5, 0.6) is 0 Å². The van der Waals surface area contributed by atoms with Gasteiger partial charge >= 0.3 is 0 Å². The summed E-state index contributed by atoms with van der Waals surface area (Å²) in [7, 11) is 1.65. The zero-order chi connectivity index (χ0) is 21.8. The quantitative estimate of drug-likeness (QED) is 0.412. The third-order valence-electron chi connectivity index (χ3n) is 5.06. The Balaban J connectivity index is 1.94. The second-order valence-electron chi connectivity index (χ2n) is 6.95. The molecular formula is C24H20N4O3. The molecule has 1 heterocycles. The van der Waals surface area contributed by atoms with Gasteiger partial charge < -0.3 is 10.1 Å². The minimum absolute atomic E-state index is 0.238. The van der Waals surface area contributed by atoms with Crippen LogP contribution in [0.1, 0.15) is 0 Å². The largest absolute Gasteiger partial charge is 0.409 e. The number of hydrogen-bond acceptors (Lipinski definition) is 5. The van der Waals surface area contributed by atoms with Gasteiger partial charge in [-0.2, -0.15) is 0 Å². The van der Waals surface area contributed by atoms with Crippen molar-refractivity contribution in [1.82, 2.24) is 9.55 Å². The molecule has 0 aliphatic rings. The van der Waals surface area contributed by atoms with Gasteiger partial charge in [-0.15, -0.1) is 0 Å². The van der Waals surface area contributed by atoms with Crippen molar-refractivity contribution in [2.45, 2.75) is 6.54 Å². The molecule has 0 saturated heterocycles. The minimum atomic E-state index is -0.657. The van der Waals surface area contributed by atoms with Gasteiger partial charge in [0.15, 0.2) is 0 Å². The van der Waals surface area contributed by atoms with Gasteiger partial charge in [0, 0.05) is 23.7 Å². The normalized spacial score (nSPS) is 11.5. The van der Waals surface area contributed by atoms with Crippen LogP contribution < -0.4 is 15.9 Å². The summed E-state index contributed by atoms with van der Waals surface area (Å²) in [5.74, 6) is -0.296. The van der Waals surface area contributed by atoms with Crippen molar-refractivity contribution >= 4 is 22.5 Å². The van der Waals surface area contributed by atoms with Gasteiger partial charge in [-0.1, -0.05) is 71.9 Å². The van der Waals surface area contributed by atoms with E-state index >= 15 is 0 Å². The van der Waals surface area contributed by atoms with Crippen molar-refractivity contribution in [3.05, 3.63) is 101 Å². The molecule has 4 rings (SSSR count). The molecule has 154 valence electrons. The molecule has 7 heteroatoms. The van der Waals surface area contributed by atoms with Gasteiger partial charge in [-0.3, -0.25) is 14.2 Å². The van der Waals surface area contributed by atoms with E-state index in [1.165, 1.54) is 9.47 Å². The number of hydrogen-bond donors (Lipinski definition) is 1. The van der Waals surface area contributed by atoms with Crippen LogP contribution in [0.2, 0.25) is 0 Å². The lowest BCUT2D eigenvalue weighted by atomic mass is 10.1. The summed E-state index contributed by atoms with van der Waals surface area (Å²) in [5, 5.41) is 13.3. The summed E-state index contributed by atoms with van der Waals surface area (Å²) < 4.78 is 1.30. The standard InChI is InChI=1S/C24H20N4O3/c1-27(18-12-6-3-7-13-18)21(29)16-28-20-15-9-8-14-19(20)22(17-10-4-2-5-11-17)25-23(26-31)24(28)30/h2-15,31H,16H2,1H3/b26-23+. The van der Waals surface area contributed by atoms with E-state index in [1.807, 2.05) is 72.8 Å². The number of fused-ring (bicyclic) bond motifs is 1. The van der Waals surface area contributed by atoms with Crippen molar-refractivity contribution in [2.24, 2.45) is 5.16 Å². The van der Waals surface area contributed by atoms with Crippen molar-refractivity contribution in [3.63, 3.8) is 0 Å². The zero-order valence-corrected chi connectivity index (χ0v) is 16.8. The number of likely N-dealkylation sites (N-methyl/N-ethyl adjacent to an activating group) is 1. The molecule has 1 amide bonds. The Morgan fingerprint density at radius 2 is 1.58 bits per heavy atom. The molecule has 0 atom stereocenters. The van der Waals surface area contributed by atoms with Gasteiger partial charge in [0.2, 0.25) is 5.91 Å². The summed E-state index contributed by atoms with van der Waals surface area (Å²) in [4.78, 5) is 32.0. The third kappa shape index (κ3) is 3.93. The predicted molar refractivity (Wildman–Crippen MR) is 119 cm³/mol. The number of carbonyl (C=O) groups is 1. The van der Waals surface area contributed by atoms with Crippen LogP contribution in [0.15, 0.2) is 94.9 Å². The molecule has 1 aromatic heterocycles. The molecule has 4 aromatic rings. The van der Waals surface area contributed by atoms with E-state index in [4.69, 9.17) is 0 Å². The van der Waals surface area contributed by atoms with Gasteiger partial charge in [0.1, 0.15) is 6.54 Å². The molecule has 0 aliphatic carbocycles. The van der Waals surface area contributed by atoms with Crippen molar-refractivity contribution in [3.8, 4) is 11.3 Å². The summed E-state index contributed by atoms with van der Waals surface area (Å²) in [5.41, 5.74) is 1.44. The van der Waals surface area contributed by atoms with Crippen molar-refractivity contribution < 1.29 is 10.0 Å². The Morgan fingerprint density at radius 1 is 0.968 bits per heavy atom. The van der Waals surface area contributed by atoms with E-state index in [1.54, 1.807) is 19.2 Å². The van der Waals surface area contributed by atoms with E-state index < -0.39 is 5.56 Å².